The first-order valence-corrected chi connectivity index (χ1v) is 7.43. The van der Waals surface area contributed by atoms with Crippen LogP contribution in [0.1, 0.15) is 5.56 Å². The van der Waals surface area contributed by atoms with Crippen molar-refractivity contribution in [3.8, 4) is 5.75 Å². The Hall–Kier alpha value is -2.17. The van der Waals surface area contributed by atoms with Crippen LogP contribution in [0.2, 0.25) is 0 Å². The number of hydrogen-bond donors (Lipinski definition) is 5. The average molecular weight is 356 g/mol. The molecule has 0 spiro atoms. The van der Waals surface area contributed by atoms with Crippen LogP contribution in [0, 0.1) is 0 Å². The lowest BCUT2D eigenvalue weighted by molar-refractivity contribution is -0.291. The Bertz CT molecular complexity index is 628. The highest BCUT2D eigenvalue weighted by Gasteiger charge is 2.45. The van der Waals surface area contributed by atoms with Gasteiger partial charge in [-0.3, -0.25) is 0 Å². The largest absolute Gasteiger partial charge is 0.497 e. The van der Waals surface area contributed by atoms with Gasteiger partial charge in [-0.05, 0) is 23.8 Å². The van der Waals surface area contributed by atoms with Crippen LogP contribution in [0.25, 0.3) is 6.08 Å². The molecule has 1 aliphatic heterocycles. The molecule has 0 unspecified atom stereocenters. The maximum Gasteiger partial charge on any atom is 0.371 e. The van der Waals surface area contributed by atoms with Crippen LogP contribution < -0.4 is 4.74 Å². The van der Waals surface area contributed by atoms with Gasteiger partial charge in [0.2, 0.25) is 12.0 Å². The zero-order valence-corrected chi connectivity index (χ0v) is 13.3. The number of carboxylic acid groups (broad SMARTS) is 1. The summed E-state index contributed by atoms with van der Waals surface area (Å²) in [7, 11) is 1.46. The smallest absolute Gasteiger partial charge is 0.371 e. The zero-order chi connectivity index (χ0) is 18.6. The molecule has 0 radical (unpaired) electrons. The maximum atomic E-state index is 11.4. The first-order valence-electron chi connectivity index (χ1n) is 7.43. The van der Waals surface area contributed by atoms with Crippen LogP contribution in [0.4, 0.5) is 0 Å². The predicted molar refractivity (Wildman–Crippen MR) is 83.5 cm³/mol. The molecule has 2 rings (SSSR count). The normalized spacial score (nSPS) is 30.0. The summed E-state index contributed by atoms with van der Waals surface area (Å²) in [5.41, 5.74) is 0.460. The molecular weight excluding hydrogens is 336 g/mol. The molecular formula is C16H20O9. The number of aliphatic hydroxyl groups excluding tert-OH is 4. The number of methoxy groups -OCH3 is 1. The number of rotatable bonds is 6. The van der Waals surface area contributed by atoms with E-state index >= 15 is 0 Å². The minimum atomic E-state index is -1.70. The van der Waals surface area contributed by atoms with Crippen LogP contribution in [-0.2, 0) is 14.3 Å². The van der Waals surface area contributed by atoms with E-state index in [9.17, 15) is 25.2 Å². The summed E-state index contributed by atoms with van der Waals surface area (Å²) in [6.45, 7) is -0.646. The van der Waals surface area contributed by atoms with Gasteiger partial charge in [0.25, 0.3) is 0 Å². The molecule has 1 heterocycles. The standard InChI is InChI=1S/C16H20O9/c1-23-9-4-2-3-8(5-9)6-10(15(21)22)24-16-14(20)13(19)12(18)11(7-17)25-16/h2-6,11-14,16-20H,7H2,1H3,(H,21,22)/b10-6+/t11-,12+,13-,14+,16-/m0/s1. The van der Waals surface area contributed by atoms with Gasteiger partial charge in [-0.2, -0.15) is 0 Å². The van der Waals surface area contributed by atoms with Gasteiger partial charge in [-0.1, -0.05) is 12.1 Å². The lowest BCUT2D eigenvalue weighted by Gasteiger charge is -2.39. The van der Waals surface area contributed by atoms with Gasteiger partial charge in [0.15, 0.2) is 0 Å². The number of ether oxygens (including phenoxy) is 3. The monoisotopic (exact) mass is 356 g/mol. The average Bonchev–Trinajstić information content (AvgIpc) is 2.61. The van der Waals surface area contributed by atoms with Crippen molar-refractivity contribution >= 4 is 12.0 Å². The molecule has 0 aliphatic carbocycles. The lowest BCUT2D eigenvalue weighted by atomic mass is 9.99. The second-order valence-electron chi connectivity index (χ2n) is 5.41. The first-order chi connectivity index (χ1) is 11.9. The molecule has 0 bridgehead atoms. The quantitative estimate of drug-likeness (QED) is 0.318. The Kier molecular flexibility index (Phi) is 6.34. The number of aliphatic hydroxyl groups is 4. The third-order valence-corrected chi connectivity index (χ3v) is 3.69. The van der Waals surface area contributed by atoms with Crippen LogP contribution in [0.15, 0.2) is 30.0 Å². The topological polar surface area (TPSA) is 146 Å². The minimum absolute atomic E-state index is 0.460. The second kappa shape index (κ2) is 8.28. The summed E-state index contributed by atoms with van der Waals surface area (Å²) < 4.78 is 15.3. The Morgan fingerprint density at radius 3 is 2.56 bits per heavy atom. The van der Waals surface area contributed by atoms with Crippen molar-refractivity contribution in [3.05, 3.63) is 35.6 Å². The van der Waals surface area contributed by atoms with Gasteiger partial charge < -0.3 is 39.7 Å². The first kappa shape index (κ1) is 19.2. The molecule has 25 heavy (non-hydrogen) atoms. The van der Waals surface area contributed by atoms with Crippen molar-refractivity contribution in [1.29, 1.82) is 0 Å². The van der Waals surface area contributed by atoms with Gasteiger partial charge in [-0.15, -0.1) is 0 Å². The molecule has 5 N–H and O–H groups in total. The third kappa shape index (κ3) is 4.47. The number of carbonyl (C=O) groups is 1. The summed E-state index contributed by atoms with van der Waals surface area (Å²) in [5.74, 6) is -1.48. The highest BCUT2D eigenvalue weighted by Crippen LogP contribution is 2.25. The summed E-state index contributed by atoms with van der Waals surface area (Å²) in [6.07, 6.45) is -6.52. The van der Waals surface area contributed by atoms with E-state index < -0.39 is 49.0 Å². The summed E-state index contributed by atoms with van der Waals surface area (Å²) in [4.78, 5) is 11.4. The SMILES string of the molecule is COc1cccc(/C=C(/O[C@H]2O[C@@H](CO)[C@@H](O)[C@H](O)[C@H]2O)C(=O)O)c1. The maximum absolute atomic E-state index is 11.4. The van der Waals surface area contributed by atoms with Gasteiger partial charge >= 0.3 is 5.97 Å². The predicted octanol–water partition coefficient (Wildman–Crippen LogP) is -1.06. The van der Waals surface area contributed by atoms with Crippen LogP contribution in [-0.4, -0.2) is 75.9 Å². The highest BCUT2D eigenvalue weighted by molar-refractivity contribution is 5.89. The molecule has 1 aromatic rings. The van der Waals surface area contributed by atoms with Crippen LogP contribution in [0.5, 0.6) is 5.75 Å². The minimum Gasteiger partial charge on any atom is -0.497 e. The van der Waals surface area contributed by atoms with E-state index in [-0.39, 0.29) is 0 Å². The van der Waals surface area contributed by atoms with E-state index in [1.54, 1.807) is 24.3 Å². The van der Waals surface area contributed by atoms with Crippen LogP contribution >= 0.6 is 0 Å². The fraction of sp³-hybridized carbons (Fsp3) is 0.438. The Labute approximate surface area is 143 Å². The molecule has 1 aromatic carbocycles. The van der Waals surface area contributed by atoms with Gasteiger partial charge in [0.05, 0.1) is 13.7 Å². The second-order valence-corrected chi connectivity index (χ2v) is 5.41. The number of hydrogen-bond acceptors (Lipinski definition) is 8. The van der Waals surface area contributed by atoms with Crippen molar-refractivity contribution in [2.75, 3.05) is 13.7 Å². The lowest BCUT2D eigenvalue weighted by Crippen LogP contribution is -2.59. The van der Waals surface area contributed by atoms with Gasteiger partial charge in [0, 0.05) is 0 Å². The van der Waals surface area contributed by atoms with E-state index in [1.165, 1.54) is 13.2 Å². The molecule has 5 atom stereocenters. The summed E-state index contributed by atoms with van der Waals surface area (Å²) in [5, 5.41) is 47.8. The number of aliphatic carboxylic acids is 1. The molecule has 138 valence electrons. The van der Waals surface area contributed by atoms with Gasteiger partial charge in [0.1, 0.15) is 30.2 Å². The van der Waals surface area contributed by atoms with Gasteiger partial charge in [-0.25, -0.2) is 4.79 Å². The number of benzene rings is 1. The van der Waals surface area contributed by atoms with E-state index in [0.29, 0.717) is 11.3 Å². The van der Waals surface area contributed by atoms with Crippen LogP contribution in [0.3, 0.4) is 0 Å². The van der Waals surface area contributed by atoms with E-state index in [2.05, 4.69) is 0 Å². The van der Waals surface area contributed by atoms with E-state index in [4.69, 9.17) is 19.3 Å². The molecule has 1 saturated heterocycles. The third-order valence-electron chi connectivity index (χ3n) is 3.69. The molecule has 9 nitrogen and oxygen atoms in total. The van der Waals surface area contributed by atoms with Crippen molar-refractivity contribution in [1.82, 2.24) is 0 Å². The Morgan fingerprint density at radius 2 is 1.96 bits per heavy atom. The Balaban J connectivity index is 2.23. The zero-order valence-electron chi connectivity index (χ0n) is 13.3. The summed E-state index contributed by atoms with van der Waals surface area (Å²) >= 11 is 0. The fourth-order valence-electron chi connectivity index (χ4n) is 2.32. The summed E-state index contributed by atoms with van der Waals surface area (Å²) in [6, 6.07) is 6.51. The van der Waals surface area contributed by atoms with Crippen molar-refractivity contribution in [2.45, 2.75) is 30.7 Å². The van der Waals surface area contributed by atoms with E-state index in [0.717, 1.165) is 0 Å². The molecule has 1 aliphatic rings. The van der Waals surface area contributed by atoms with Crippen molar-refractivity contribution < 1.29 is 44.5 Å². The fourth-order valence-corrected chi connectivity index (χ4v) is 2.32. The molecule has 1 fully saturated rings. The molecule has 9 heteroatoms. The van der Waals surface area contributed by atoms with E-state index in [1.807, 2.05) is 0 Å². The van der Waals surface area contributed by atoms with Crippen molar-refractivity contribution in [3.63, 3.8) is 0 Å². The van der Waals surface area contributed by atoms with Crippen molar-refractivity contribution in [2.24, 2.45) is 0 Å². The Morgan fingerprint density at radius 1 is 1.24 bits per heavy atom. The number of carboxylic acids is 1. The highest BCUT2D eigenvalue weighted by atomic mass is 16.7. The molecule has 0 aromatic heterocycles. The molecule has 0 saturated carbocycles. The molecule has 0 amide bonds.